The van der Waals surface area contributed by atoms with E-state index in [9.17, 15) is 4.79 Å². The fraction of sp³-hybridized carbons (Fsp3) is 0.538. The SMILES string of the molecule is CCN(CCO)c1cc(C(=O)O)cc(C(C)C)n1. The number of carboxylic acid groups (broad SMARTS) is 1. The summed E-state index contributed by atoms with van der Waals surface area (Å²) in [5, 5.41) is 18.1. The van der Waals surface area contributed by atoms with Gasteiger partial charge in [0.05, 0.1) is 12.2 Å². The molecule has 1 aromatic heterocycles. The lowest BCUT2D eigenvalue weighted by atomic mass is 10.1. The molecule has 0 unspecified atom stereocenters. The Morgan fingerprint density at radius 3 is 2.56 bits per heavy atom. The first kappa shape index (κ1) is 14.4. The van der Waals surface area contributed by atoms with E-state index in [0.717, 1.165) is 5.69 Å². The zero-order valence-corrected chi connectivity index (χ0v) is 11.1. The molecule has 0 amide bonds. The lowest BCUT2D eigenvalue weighted by Gasteiger charge is -2.22. The molecule has 18 heavy (non-hydrogen) atoms. The van der Waals surface area contributed by atoms with Gasteiger partial charge in [0.1, 0.15) is 5.82 Å². The van der Waals surface area contributed by atoms with Crippen LogP contribution in [0.1, 0.15) is 42.7 Å². The van der Waals surface area contributed by atoms with Gasteiger partial charge < -0.3 is 15.1 Å². The molecular weight excluding hydrogens is 232 g/mol. The van der Waals surface area contributed by atoms with Gasteiger partial charge in [-0.25, -0.2) is 9.78 Å². The Bertz CT molecular complexity index is 419. The van der Waals surface area contributed by atoms with Gasteiger partial charge in [-0.2, -0.15) is 0 Å². The zero-order chi connectivity index (χ0) is 13.7. The topological polar surface area (TPSA) is 73.7 Å². The molecule has 1 rings (SSSR count). The molecule has 2 N–H and O–H groups in total. The lowest BCUT2D eigenvalue weighted by molar-refractivity contribution is 0.0696. The first-order valence-corrected chi connectivity index (χ1v) is 6.10. The Labute approximate surface area is 107 Å². The van der Waals surface area contributed by atoms with Crippen molar-refractivity contribution in [2.75, 3.05) is 24.6 Å². The molecule has 0 aliphatic rings. The average molecular weight is 252 g/mol. The third-order valence-electron chi connectivity index (χ3n) is 2.75. The van der Waals surface area contributed by atoms with Crippen LogP contribution in [0.15, 0.2) is 12.1 Å². The van der Waals surface area contributed by atoms with Gasteiger partial charge in [0, 0.05) is 18.8 Å². The third-order valence-corrected chi connectivity index (χ3v) is 2.75. The highest BCUT2D eigenvalue weighted by Gasteiger charge is 2.14. The number of aromatic carboxylic acids is 1. The lowest BCUT2D eigenvalue weighted by Crippen LogP contribution is -2.27. The quantitative estimate of drug-likeness (QED) is 0.806. The molecule has 0 aliphatic heterocycles. The number of anilines is 1. The second-order valence-electron chi connectivity index (χ2n) is 4.40. The smallest absolute Gasteiger partial charge is 0.335 e. The number of hydrogen-bond donors (Lipinski definition) is 2. The van der Waals surface area contributed by atoms with Crippen LogP contribution in [0.25, 0.3) is 0 Å². The molecule has 100 valence electrons. The van der Waals surface area contributed by atoms with E-state index in [1.807, 2.05) is 25.7 Å². The van der Waals surface area contributed by atoms with Crippen LogP contribution in [0.3, 0.4) is 0 Å². The van der Waals surface area contributed by atoms with E-state index < -0.39 is 5.97 Å². The molecule has 5 heteroatoms. The van der Waals surface area contributed by atoms with Crippen LogP contribution in [0.2, 0.25) is 0 Å². The van der Waals surface area contributed by atoms with Gasteiger partial charge in [-0.05, 0) is 25.0 Å². The summed E-state index contributed by atoms with van der Waals surface area (Å²) in [7, 11) is 0. The number of hydrogen-bond acceptors (Lipinski definition) is 4. The van der Waals surface area contributed by atoms with Crippen molar-refractivity contribution in [3.63, 3.8) is 0 Å². The second-order valence-corrected chi connectivity index (χ2v) is 4.40. The van der Waals surface area contributed by atoms with Crippen LogP contribution in [0.5, 0.6) is 0 Å². The monoisotopic (exact) mass is 252 g/mol. The van der Waals surface area contributed by atoms with Crippen LogP contribution in [0, 0.1) is 0 Å². The van der Waals surface area contributed by atoms with Crippen molar-refractivity contribution in [3.05, 3.63) is 23.4 Å². The Kier molecular flexibility index (Phi) is 5.09. The number of carbonyl (C=O) groups is 1. The predicted octanol–water partition coefficient (Wildman–Crippen LogP) is 1.72. The minimum Gasteiger partial charge on any atom is -0.478 e. The summed E-state index contributed by atoms with van der Waals surface area (Å²) in [5.74, 6) is -0.188. The summed E-state index contributed by atoms with van der Waals surface area (Å²) < 4.78 is 0. The van der Waals surface area contributed by atoms with E-state index in [4.69, 9.17) is 10.2 Å². The highest BCUT2D eigenvalue weighted by molar-refractivity contribution is 5.88. The van der Waals surface area contributed by atoms with Crippen LogP contribution in [-0.4, -0.2) is 40.9 Å². The third kappa shape index (κ3) is 3.43. The summed E-state index contributed by atoms with van der Waals surface area (Å²) >= 11 is 0. The van der Waals surface area contributed by atoms with E-state index in [1.165, 1.54) is 0 Å². The highest BCUT2D eigenvalue weighted by Crippen LogP contribution is 2.20. The number of likely N-dealkylation sites (N-methyl/N-ethyl adjacent to an activating group) is 1. The number of aromatic nitrogens is 1. The van der Waals surface area contributed by atoms with E-state index >= 15 is 0 Å². The maximum atomic E-state index is 11.1. The number of carboxylic acids is 1. The Morgan fingerprint density at radius 2 is 2.11 bits per heavy atom. The average Bonchev–Trinajstić information content (AvgIpc) is 2.35. The standard InChI is InChI=1S/C13H20N2O3/c1-4-15(5-6-16)12-8-10(13(17)18)7-11(14-12)9(2)3/h7-9,16H,4-6H2,1-3H3,(H,17,18). The summed E-state index contributed by atoms with van der Waals surface area (Å²) in [6.45, 7) is 7.03. The van der Waals surface area contributed by atoms with Crippen molar-refractivity contribution in [2.45, 2.75) is 26.7 Å². The molecule has 0 saturated carbocycles. The van der Waals surface area contributed by atoms with Crippen molar-refractivity contribution in [3.8, 4) is 0 Å². The van der Waals surface area contributed by atoms with Crippen molar-refractivity contribution in [1.29, 1.82) is 0 Å². The van der Waals surface area contributed by atoms with Crippen molar-refractivity contribution in [1.82, 2.24) is 4.98 Å². The summed E-state index contributed by atoms with van der Waals surface area (Å²) in [6.07, 6.45) is 0. The summed E-state index contributed by atoms with van der Waals surface area (Å²) in [5.41, 5.74) is 0.987. The number of aliphatic hydroxyl groups is 1. The number of nitrogens with zero attached hydrogens (tertiary/aromatic N) is 2. The van der Waals surface area contributed by atoms with E-state index in [-0.39, 0.29) is 18.1 Å². The second kappa shape index (κ2) is 6.35. The maximum Gasteiger partial charge on any atom is 0.335 e. The number of aliphatic hydroxyl groups excluding tert-OH is 1. The maximum absolute atomic E-state index is 11.1. The molecule has 0 radical (unpaired) electrons. The Hall–Kier alpha value is -1.62. The number of rotatable bonds is 6. The first-order valence-electron chi connectivity index (χ1n) is 6.10. The molecule has 0 fully saturated rings. The highest BCUT2D eigenvalue weighted by atomic mass is 16.4. The first-order chi connectivity index (χ1) is 8.49. The van der Waals surface area contributed by atoms with Gasteiger partial charge in [0.25, 0.3) is 0 Å². The van der Waals surface area contributed by atoms with E-state index in [0.29, 0.717) is 18.9 Å². The number of pyridine rings is 1. The molecule has 0 atom stereocenters. The minimum atomic E-state index is -0.958. The van der Waals surface area contributed by atoms with Crippen molar-refractivity contribution < 1.29 is 15.0 Å². The van der Waals surface area contributed by atoms with E-state index in [2.05, 4.69) is 4.98 Å². The van der Waals surface area contributed by atoms with Crippen LogP contribution in [-0.2, 0) is 0 Å². The van der Waals surface area contributed by atoms with Crippen LogP contribution < -0.4 is 4.90 Å². The molecule has 0 aliphatic carbocycles. The van der Waals surface area contributed by atoms with Gasteiger partial charge >= 0.3 is 5.97 Å². The largest absolute Gasteiger partial charge is 0.478 e. The summed E-state index contributed by atoms with van der Waals surface area (Å²) in [6, 6.07) is 3.15. The Balaban J connectivity index is 3.20. The molecule has 0 bridgehead atoms. The normalized spacial score (nSPS) is 10.7. The minimum absolute atomic E-state index is 0.0177. The zero-order valence-electron chi connectivity index (χ0n) is 11.1. The molecule has 1 heterocycles. The van der Waals surface area contributed by atoms with E-state index in [1.54, 1.807) is 12.1 Å². The molecule has 0 saturated heterocycles. The Morgan fingerprint density at radius 1 is 1.44 bits per heavy atom. The van der Waals surface area contributed by atoms with Gasteiger partial charge in [0.2, 0.25) is 0 Å². The predicted molar refractivity (Wildman–Crippen MR) is 70.3 cm³/mol. The van der Waals surface area contributed by atoms with Gasteiger partial charge in [0.15, 0.2) is 0 Å². The molecular formula is C13H20N2O3. The van der Waals surface area contributed by atoms with Gasteiger partial charge in [-0.15, -0.1) is 0 Å². The molecule has 5 nitrogen and oxygen atoms in total. The van der Waals surface area contributed by atoms with Crippen molar-refractivity contribution in [2.24, 2.45) is 0 Å². The van der Waals surface area contributed by atoms with Gasteiger partial charge in [-0.1, -0.05) is 13.8 Å². The van der Waals surface area contributed by atoms with Crippen molar-refractivity contribution >= 4 is 11.8 Å². The molecule has 1 aromatic rings. The fourth-order valence-electron chi connectivity index (χ4n) is 1.67. The van der Waals surface area contributed by atoms with Gasteiger partial charge in [-0.3, -0.25) is 0 Å². The molecule has 0 spiro atoms. The molecule has 0 aromatic carbocycles. The summed E-state index contributed by atoms with van der Waals surface area (Å²) in [4.78, 5) is 17.4. The fourth-order valence-corrected chi connectivity index (χ4v) is 1.67. The van der Waals surface area contributed by atoms with Crippen LogP contribution >= 0.6 is 0 Å². The van der Waals surface area contributed by atoms with Crippen LogP contribution in [0.4, 0.5) is 5.82 Å².